The third-order valence-corrected chi connectivity index (χ3v) is 2.97. The fourth-order valence-corrected chi connectivity index (χ4v) is 1.63. The molecule has 88 valence electrons. The molecule has 3 nitrogen and oxygen atoms in total. The predicted octanol–water partition coefficient (Wildman–Crippen LogP) is 3.24. The van der Waals surface area contributed by atoms with Gasteiger partial charge in [-0.2, -0.15) is 10.5 Å². The van der Waals surface area contributed by atoms with Gasteiger partial charge in [0.1, 0.15) is 0 Å². The van der Waals surface area contributed by atoms with Crippen molar-refractivity contribution in [3.8, 4) is 0 Å². The summed E-state index contributed by atoms with van der Waals surface area (Å²) in [6, 6.07) is 0. The third kappa shape index (κ3) is 4.17. The van der Waals surface area contributed by atoms with Gasteiger partial charge in [0, 0.05) is 25.4 Å². The zero-order valence-corrected chi connectivity index (χ0v) is 12.0. The van der Waals surface area contributed by atoms with Crippen LogP contribution in [0.1, 0.15) is 0 Å². The van der Waals surface area contributed by atoms with E-state index >= 15 is 0 Å². The summed E-state index contributed by atoms with van der Waals surface area (Å²) in [5.41, 5.74) is 3.28. The first-order chi connectivity index (χ1) is 6.60. The van der Waals surface area contributed by atoms with Gasteiger partial charge in [0.05, 0.1) is 0 Å². The van der Waals surface area contributed by atoms with Crippen LogP contribution >= 0.6 is 69.6 Å². The minimum Gasteiger partial charge on any atom is -0.305 e. The van der Waals surface area contributed by atoms with Crippen LogP contribution in [0.2, 0.25) is 0 Å². The van der Waals surface area contributed by atoms with Crippen molar-refractivity contribution in [1.82, 2.24) is 15.6 Å². The van der Waals surface area contributed by atoms with E-state index in [-0.39, 0.29) is 6.54 Å². The molecule has 1 aliphatic heterocycles. The lowest BCUT2D eigenvalue weighted by molar-refractivity contribution is 0.0643. The molecule has 15 heavy (non-hydrogen) atoms. The predicted molar refractivity (Wildman–Crippen MR) is 66.3 cm³/mol. The summed E-state index contributed by atoms with van der Waals surface area (Å²) >= 11 is 34.3. The maximum absolute atomic E-state index is 5.74. The monoisotopic (exact) mass is 331 g/mol. The van der Waals surface area contributed by atoms with Crippen molar-refractivity contribution in [3.63, 3.8) is 0 Å². The topological polar surface area (TPSA) is 18.5 Å². The first-order valence-electron chi connectivity index (χ1n) is 3.72. The molecule has 0 fully saturated rings. The molecule has 0 aliphatic carbocycles. The van der Waals surface area contributed by atoms with Crippen molar-refractivity contribution in [2.45, 2.75) is 7.71 Å². The van der Waals surface area contributed by atoms with E-state index in [1.54, 1.807) is 13.2 Å². The van der Waals surface area contributed by atoms with Gasteiger partial charge in [0.25, 0.3) is 3.92 Å². The average Bonchev–Trinajstić information content (AvgIpc) is 1.99. The summed E-state index contributed by atoms with van der Waals surface area (Å²) < 4.78 is -3.14. The number of alkyl halides is 6. The fraction of sp³-hybridized carbons (Fsp3) is 0.667. The van der Waals surface area contributed by atoms with Gasteiger partial charge in [0.2, 0.25) is 3.79 Å². The van der Waals surface area contributed by atoms with E-state index in [0.717, 1.165) is 0 Å². The molecule has 1 rings (SSSR count). The van der Waals surface area contributed by atoms with Gasteiger partial charge in [-0.05, 0) is 0 Å². The molecule has 0 saturated heterocycles. The van der Waals surface area contributed by atoms with E-state index in [1.807, 2.05) is 0 Å². The molecule has 1 N–H and O–H groups in total. The maximum Gasteiger partial charge on any atom is 0.261 e. The van der Waals surface area contributed by atoms with Crippen molar-refractivity contribution in [2.24, 2.45) is 0 Å². The van der Waals surface area contributed by atoms with Gasteiger partial charge in [-0.3, -0.25) is 0 Å². The summed E-state index contributed by atoms with van der Waals surface area (Å²) in [5.74, 6) is 0. The number of nitrogens with zero attached hydrogens (tertiary/aromatic N) is 2. The Labute approximate surface area is 118 Å². The van der Waals surface area contributed by atoms with E-state index in [1.165, 1.54) is 10.0 Å². The Bertz CT molecular complexity index is 267. The number of hydrazine groups is 2. The number of halogens is 6. The third-order valence-electron chi connectivity index (χ3n) is 1.63. The number of hydrogen-bond donors (Lipinski definition) is 1. The van der Waals surface area contributed by atoms with E-state index < -0.39 is 7.71 Å². The molecular formula is C6H7Cl6N3. The lowest BCUT2D eigenvalue weighted by Gasteiger charge is -2.39. The molecule has 0 aromatic rings. The molecule has 0 unspecified atom stereocenters. The molecule has 0 bridgehead atoms. The van der Waals surface area contributed by atoms with Gasteiger partial charge in [0.15, 0.2) is 0 Å². The molecule has 0 radical (unpaired) electrons. The number of rotatable bonds is 0. The summed E-state index contributed by atoms with van der Waals surface area (Å²) in [4.78, 5) is 0. The fourth-order valence-electron chi connectivity index (χ4n) is 1.01. The highest BCUT2D eigenvalue weighted by Gasteiger charge is 2.38. The highest BCUT2D eigenvalue weighted by molar-refractivity contribution is 6.69. The summed E-state index contributed by atoms with van der Waals surface area (Å²) in [7, 11) is 1.69. The smallest absolute Gasteiger partial charge is 0.261 e. The van der Waals surface area contributed by atoms with E-state index in [2.05, 4.69) is 5.53 Å². The minimum atomic E-state index is -1.62. The van der Waals surface area contributed by atoms with Gasteiger partial charge < -0.3 is 5.01 Å². The molecule has 9 heteroatoms. The molecule has 0 saturated carbocycles. The summed E-state index contributed by atoms with van der Waals surface area (Å²) in [6.07, 6.45) is 1.62. The maximum atomic E-state index is 5.74. The normalized spacial score (nSPS) is 20.5. The van der Waals surface area contributed by atoms with Crippen LogP contribution in [0.25, 0.3) is 0 Å². The molecule has 0 spiro atoms. The molecule has 0 aromatic carbocycles. The van der Waals surface area contributed by atoms with Crippen LogP contribution in [-0.2, 0) is 0 Å². The standard InChI is InChI=1S/C6H7Cl6N3/c1-14-2-4(5(7,8)9)3-15(13-14)6(10,11)12/h2,13H,3H2,1H3. The van der Waals surface area contributed by atoms with Crippen molar-refractivity contribution < 1.29 is 0 Å². The zero-order valence-electron chi connectivity index (χ0n) is 7.45. The van der Waals surface area contributed by atoms with Crippen LogP contribution in [0, 0.1) is 0 Å². The second-order valence-electron chi connectivity index (χ2n) is 2.92. The first kappa shape index (κ1) is 14.3. The second kappa shape index (κ2) is 4.83. The van der Waals surface area contributed by atoms with Crippen LogP contribution in [0.15, 0.2) is 11.8 Å². The average molecular weight is 334 g/mol. The van der Waals surface area contributed by atoms with Crippen molar-refractivity contribution >= 4 is 69.6 Å². The molecule has 0 amide bonds. The molecule has 1 aliphatic rings. The van der Waals surface area contributed by atoms with E-state index in [9.17, 15) is 0 Å². The summed E-state index contributed by atoms with van der Waals surface area (Å²) in [5, 5.41) is 2.84. The van der Waals surface area contributed by atoms with Crippen molar-refractivity contribution in [2.75, 3.05) is 13.6 Å². The highest BCUT2D eigenvalue weighted by Crippen LogP contribution is 2.39. The Morgan fingerprint density at radius 3 is 2.13 bits per heavy atom. The largest absolute Gasteiger partial charge is 0.305 e. The van der Waals surface area contributed by atoms with Crippen LogP contribution in [0.4, 0.5) is 0 Å². The van der Waals surface area contributed by atoms with Gasteiger partial charge in [-0.1, -0.05) is 69.6 Å². The molecule has 1 heterocycles. The lowest BCUT2D eigenvalue weighted by atomic mass is 10.3. The van der Waals surface area contributed by atoms with Crippen molar-refractivity contribution in [1.29, 1.82) is 0 Å². The Morgan fingerprint density at radius 1 is 1.20 bits per heavy atom. The van der Waals surface area contributed by atoms with Gasteiger partial charge in [-0.25, -0.2) is 0 Å². The SMILES string of the molecule is CN1C=C(C(Cl)(Cl)Cl)CN(C(Cl)(Cl)Cl)N1. The molecule has 0 atom stereocenters. The van der Waals surface area contributed by atoms with E-state index in [0.29, 0.717) is 5.57 Å². The molecule has 0 aromatic heterocycles. The Balaban J connectivity index is 2.86. The Hall–Kier alpha value is 1.20. The van der Waals surface area contributed by atoms with Crippen LogP contribution < -0.4 is 5.53 Å². The minimum absolute atomic E-state index is 0.192. The molecular weight excluding hydrogens is 327 g/mol. The van der Waals surface area contributed by atoms with Crippen LogP contribution in [-0.4, -0.2) is 31.3 Å². The number of nitrogens with one attached hydrogen (secondary N) is 1. The zero-order chi connectivity index (χ0) is 11.9. The van der Waals surface area contributed by atoms with Gasteiger partial charge >= 0.3 is 0 Å². The van der Waals surface area contributed by atoms with Gasteiger partial charge in [-0.15, -0.1) is 0 Å². The quantitative estimate of drug-likeness (QED) is 0.542. The van der Waals surface area contributed by atoms with Crippen LogP contribution in [0.5, 0.6) is 0 Å². The Kier molecular flexibility index (Phi) is 4.59. The Morgan fingerprint density at radius 2 is 1.73 bits per heavy atom. The van der Waals surface area contributed by atoms with Crippen molar-refractivity contribution in [3.05, 3.63) is 11.8 Å². The van der Waals surface area contributed by atoms with Crippen LogP contribution in [0.3, 0.4) is 0 Å². The summed E-state index contributed by atoms with van der Waals surface area (Å²) in [6.45, 7) is 0.192. The number of hydrogen-bond acceptors (Lipinski definition) is 3. The highest BCUT2D eigenvalue weighted by atomic mass is 35.6. The second-order valence-corrected chi connectivity index (χ2v) is 7.42. The lowest BCUT2D eigenvalue weighted by Crippen LogP contribution is -2.56. The van der Waals surface area contributed by atoms with E-state index in [4.69, 9.17) is 69.6 Å². The first-order valence-corrected chi connectivity index (χ1v) is 5.99.